The van der Waals surface area contributed by atoms with Crippen LogP contribution < -0.4 is 5.32 Å². The fourth-order valence-corrected chi connectivity index (χ4v) is 3.86. The molecule has 1 amide bonds. The van der Waals surface area contributed by atoms with Gasteiger partial charge in [0.15, 0.2) is 0 Å². The molecule has 0 unspecified atom stereocenters. The van der Waals surface area contributed by atoms with Gasteiger partial charge in [-0.05, 0) is 59.7 Å². The Kier molecular flexibility index (Phi) is 6.89. The molecule has 140 valence electrons. The van der Waals surface area contributed by atoms with Crippen molar-refractivity contribution in [1.82, 2.24) is 25.5 Å². The summed E-state index contributed by atoms with van der Waals surface area (Å²) in [6.07, 6.45) is 0. The zero-order valence-corrected chi connectivity index (χ0v) is 16.9. The molecule has 3 aromatic rings. The zero-order chi connectivity index (χ0) is 19.1. The molecular weight excluding hydrogens is 378 g/mol. The molecule has 0 saturated heterocycles. The number of tetrazole rings is 1. The number of rotatable bonds is 8. The number of thioether (sulfide) groups is 2. The third kappa shape index (κ3) is 5.58. The summed E-state index contributed by atoms with van der Waals surface area (Å²) in [6, 6.07) is 16.2. The van der Waals surface area contributed by atoms with Gasteiger partial charge in [-0.15, -0.1) is 16.9 Å². The molecule has 27 heavy (non-hydrogen) atoms. The molecule has 0 aliphatic carbocycles. The molecule has 6 nitrogen and oxygen atoms in total. The largest absolute Gasteiger partial charge is 0.355 e. The van der Waals surface area contributed by atoms with E-state index in [-0.39, 0.29) is 11.7 Å². The molecule has 3 rings (SSSR count). The summed E-state index contributed by atoms with van der Waals surface area (Å²) >= 11 is 3.05. The van der Waals surface area contributed by atoms with Crippen LogP contribution in [0.5, 0.6) is 0 Å². The van der Waals surface area contributed by atoms with Gasteiger partial charge in [-0.2, -0.15) is 4.68 Å². The first-order chi connectivity index (χ1) is 13.1. The number of hydrogen-bond donors (Lipinski definition) is 1. The first-order valence-electron chi connectivity index (χ1n) is 8.57. The quantitative estimate of drug-likeness (QED) is 0.463. The van der Waals surface area contributed by atoms with E-state index in [1.165, 1.54) is 27.8 Å². The maximum absolute atomic E-state index is 12.1. The van der Waals surface area contributed by atoms with Gasteiger partial charge in [0.05, 0.1) is 11.4 Å². The first-order valence-corrected chi connectivity index (χ1v) is 10.5. The Bertz CT molecular complexity index is 898. The number of amides is 1. The topological polar surface area (TPSA) is 72.7 Å². The summed E-state index contributed by atoms with van der Waals surface area (Å²) in [5.41, 5.74) is 3.28. The van der Waals surface area contributed by atoms with Crippen molar-refractivity contribution in [2.24, 2.45) is 0 Å². The van der Waals surface area contributed by atoms with Gasteiger partial charge in [0.1, 0.15) is 0 Å². The van der Waals surface area contributed by atoms with Crippen LogP contribution in [0.25, 0.3) is 5.69 Å². The molecule has 1 heterocycles. The standard InChI is InChI=1S/C19H21N5OS2/c1-14-8-9-16(12-15(14)2)24-19(21-22-23-24)27-13-18(25)20-10-11-26-17-6-4-3-5-7-17/h3-9,12H,10-11,13H2,1-2H3,(H,20,25). The van der Waals surface area contributed by atoms with Gasteiger partial charge in [-0.25, -0.2) is 0 Å². The van der Waals surface area contributed by atoms with E-state index < -0.39 is 0 Å². The average Bonchev–Trinajstić information content (AvgIpc) is 3.15. The number of aryl methyl sites for hydroxylation is 2. The molecule has 0 bridgehead atoms. The van der Waals surface area contributed by atoms with Crippen molar-refractivity contribution in [3.8, 4) is 5.69 Å². The number of hydrogen-bond acceptors (Lipinski definition) is 6. The molecule has 0 aliphatic heterocycles. The third-order valence-electron chi connectivity index (χ3n) is 3.94. The molecule has 0 radical (unpaired) electrons. The van der Waals surface area contributed by atoms with Gasteiger partial charge in [-0.3, -0.25) is 4.79 Å². The van der Waals surface area contributed by atoms with Crippen molar-refractivity contribution < 1.29 is 4.79 Å². The van der Waals surface area contributed by atoms with E-state index in [0.717, 1.165) is 11.4 Å². The second kappa shape index (κ2) is 9.57. The average molecular weight is 400 g/mol. The maximum Gasteiger partial charge on any atom is 0.230 e. The van der Waals surface area contributed by atoms with Crippen molar-refractivity contribution in [1.29, 1.82) is 0 Å². The molecule has 0 fully saturated rings. The van der Waals surface area contributed by atoms with Crippen LogP contribution in [0.1, 0.15) is 11.1 Å². The minimum atomic E-state index is -0.0247. The van der Waals surface area contributed by atoms with Crippen LogP contribution in [0.3, 0.4) is 0 Å². The summed E-state index contributed by atoms with van der Waals surface area (Å²) in [4.78, 5) is 13.3. The second-order valence-electron chi connectivity index (χ2n) is 5.94. The van der Waals surface area contributed by atoms with E-state index in [0.29, 0.717) is 11.7 Å². The second-order valence-corrected chi connectivity index (χ2v) is 8.05. The van der Waals surface area contributed by atoms with E-state index in [1.54, 1.807) is 16.4 Å². The maximum atomic E-state index is 12.1. The summed E-state index contributed by atoms with van der Waals surface area (Å²) < 4.78 is 1.66. The Balaban J connectivity index is 1.47. The monoisotopic (exact) mass is 399 g/mol. The highest BCUT2D eigenvalue weighted by Crippen LogP contribution is 2.20. The predicted molar refractivity (Wildman–Crippen MR) is 110 cm³/mol. The smallest absolute Gasteiger partial charge is 0.230 e. The van der Waals surface area contributed by atoms with E-state index in [9.17, 15) is 4.79 Å². The fourth-order valence-electron chi connectivity index (χ4n) is 2.35. The third-order valence-corrected chi connectivity index (χ3v) is 5.88. The predicted octanol–water partition coefficient (Wildman–Crippen LogP) is 3.28. The van der Waals surface area contributed by atoms with Crippen LogP contribution in [-0.2, 0) is 4.79 Å². The van der Waals surface area contributed by atoms with Crippen molar-refractivity contribution >= 4 is 29.4 Å². The lowest BCUT2D eigenvalue weighted by Gasteiger charge is -2.07. The summed E-state index contributed by atoms with van der Waals surface area (Å²) in [5, 5.41) is 15.4. The van der Waals surface area contributed by atoms with Gasteiger partial charge >= 0.3 is 0 Å². The lowest BCUT2D eigenvalue weighted by molar-refractivity contribution is -0.118. The Hall–Kier alpha value is -2.32. The van der Waals surface area contributed by atoms with Crippen LogP contribution in [0, 0.1) is 13.8 Å². The van der Waals surface area contributed by atoms with Crippen LogP contribution in [0.15, 0.2) is 58.6 Å². The molecule has 2 aromatic carbocycles. The molecule has 1 aromatic heterocycles. The number of nitrogens with one attached hydrogen (secondary N) is 1. The number of carbonyl (C=O) groups excluding carboxylic acids is 1. The summed E-state index contributed by atoms with van der Waals surface area (Å²) in [6.45, 7) is 4.74. The Morgan fingerprint density at radius 3 is 2.67 bits per heavy atom. The lowest BCUT2D eigenvalue weighted by atomic mass is 10.1. The van der Waals surface area contributed by atoms with E-state index in [1.807, 2.05) is 36.4 Å². The molecule has 0 atom stereocenters. The van der Waals surface area contributed by atoms with Gasteiger partial charge in [0, 0.05) is 17.2 Å². The van der Waals surface area contributed by atoms with Crippen LogP contribution in [-0.4, -0.2) is 44.2 Å². The van der Waals surface area contributed by atoms with Gasteiger partial charge in [-0.1, -0.05) is 36.0 Å². The van der Waals surface area contributed by atoms with Gasteiger partial charge in [0.25, 0.3) is 0 Å². The minimum absolute atomic E-state index is 0.0247. The van der Waals surface area contributed by atoms with Crippen LogP contribution >= 0.6 is 23.5 Å². The van der Waals surface area contributed by atoms with Crippen molar-refractivity contribution in [2.75, 3.05) is 18.1 Å². The van der Waals surface area contributed by atoms with Crippen molar-refractivity contribution in [3.05, 3.63) is 59.7 Å². The van der Waals surface area contributed by atoms with Crippen LogP contribution in [0.4, 0.5) is 0 Å². The highest BCUT2D eigenvalue weighted by molar-refractivity contribution is 7.99. The number of aromatic nitrogens is 4. The van der Waals surface area contributed by atoms with Gasteiger partial charge in [0.2, 0.25) is 11.1 Å². The Morgan fingerprint density at radius 1 is 1.07 bits per heavy atom. The fraction of sp³-hybridized carbons (Fsp3) is 0.263. The lowest BCUT2D eigenvalue weighted by Crippen LogP contribution is -2.27. The summed E-state index contributed by atoms with van der Waals surface area (Å²) in [5.74, 6) is 1.09. The van der Waals surface area contributed by atoms with Crippen LogP contribution in [0.2, 0.25) is 0 Å². The Morgan fingerprint density at radius 2 is 1.89 bits per heavy atom. The van der Waals surface area contributed by atoms with Crippen molar-refractivity contribution in [2.45, 2.75) is 23.9 Å². The number of carbonyl (C=O) groups is 1. The summed E-state index contributed by atoms with van der Waals surface area (Å²) in [7, 11) is 0. The molecule has 0 spiro atoms. The normalized spacial score (nSPS) is 10.7. The SMILES string of the molecule is Cc1ccc(-n2nnnc2SCC(=O)NCCSc2ccccc2)cc1C. The molecular formula is C19H21N5OS2. The number of benzene rings is 2. The highest BCUT2D eigenvalue weighted by Gasteiger charge is 2.12. The van der Waals surface area contributed by atoms with Crippen molar-refractivity contribution in [3.63, 3.8) is 0 Å². The van der Waals surface area contributed by atoms with E-state index in [4.69, 9.17) is 0 Å². The molecule has 0 aliphatic rings. The molecule has 1 N–H and O–H groups in total. The zero-order valence-electron chi connectivity index (χ0n) is 15.3. The molecule has 0 saturated carbocycles. The minimum Gasteiger partial charge on any atom is -0.355 e. The Labute approximate surface area is 167 Å². The number of nitrogens with zero attached hydrogens (tertiary/aromatic N) is 4. The van der Waals surface area contributed by atoms with E-state index in [2.05, 4.69) is 46.8 Å². The van der Waals surface area contributed by atoms with E-state index >= 15 is 0 Å². The highest BCUT2D eigenvalue weighted by atomic mass is 32.2. The van der Waals surface area contributed by atoms with Gasteiger partial charge < -0.3 is 5.32 Å². The molecule has 8 heteroatoms. The first kappa shape index (κ1) is 19.4.